The Kier molecular flexibility index (Phi) is 45.0. The Morgan fingerprint density at radius 2 is 1.67 bits per heavy atom. The van der Waals surface area contributed by atoms with E-state index in [4.69, 9.17) is 0 Å². The van der Waals surface area contributed by atoms with Crippen molar-refractivity contribution in [1.29, 1.82) is 0 Å². The third kappa shape index (κ3) is 21.3. The molecule has 0 radical (unpaired) electrons. The summed E-state index contributed by atoms with van der Waals surface area (Å²) in [6, 6.07) is 0. The van der Waals surface area contributed by atoms with E-state index in [0.29, 0.717) is 0 Å². The van der Waals surface area contributed by atoms with E-state index in [1.165, 1.54) is 7.11 Å². The summed E-state index contributed by atoms with van der Waals surface area (Å²) in [7, 11) is 3.10. The zero-order chi connectivity index (χ0) is 3.41. The van der Waals surface area contributed by atoms with Crippen molar-refractivity contribution in [2.45, 2.75) is 0 Å². The molecule has 0 aromatic heterocycles. The number of hydrogen-bond donors (Lipinski definition) is 0. The second-order valence-electron chi connectivity index (χ2n) is 0.365. The second kappa shape index (κ2) is 17.0. The summed E-state index contributed by atoms with van der Waals surface area (Å²) in [5.74, 6) is 0. The van der Waals surface area contributed by atoms with Gasteiger partial charge in [-0.1, -0.05) is 0 Å². The summed E-state index contributed by atoms with van der Waals surface area (Å²) >= 11 is 0. The van der Waals surface area contributed by atoms with Crippen molar-refractivity contribution < 1.29 is 23.7 Å². The smallest absolute Gasteiger partial charge is 0.537 e. The van der Waals surface area contributed by atoms with Crippen LogP contribution in [0, 0.1) is 0 Å². The van der Waals surface area contributed by atoms with Crippen molar-refractivity contribution in [3.63, 3.8) is 0 Å². The van der Waals surface area contributed by atoms with Crippen LogP contribution in [-0.2, 0) is 4.84 Å². The van der Waals surface area contributed by atoms with Gasteiger partial charge in [-0.15, -0.1) is 19.5 Å². The number of hydrogen-bond acceptors (Lipinski definition) is 1. The van der Waals surface area contributed by atoms with E-state index in [-0.39, 0.29) is 31.3 Å². The third-order valence-electron chi connectivity index (χ3n) is 0.183. The largest absolute Gasteiger partial charge is 1.00 e. The van der Waals surface area contributed by atoms with E-state index in [1.807, 2.05) is 0 Å². The molecule has 0 spiro atoms. The molecule has 2 nitrogen and oxygen atoms in total. The molecule has 0 aromatic carbocycles. The van der Waals surface area contributed by atoms with Gasteiger partial charge in [0.15, 0.2) is 0 Å². The van der Waals surface area contributed by atoms with Crippen LogP contribution >= 0.6 is 12.4 Å². The average Bonchev–Trinajstić information content (AvgIpc) is 1.37. The van der Waals surface area contributed by atoms with Crippen LogP contribution in [0.4, 0.5) is 0 Å². The molecule has 0 rings (SSSR count). The van der Waals surface area contributed by atoms with Gasteiger partial charge in [0.1, 0.15) is 0 Å². The molecule has 0 N–H and O–H groups in total. The fourth-order valence-electron chi connectivity index (χ4n) is 0. The molecule has 0 unspecified atom stereocenters. The number of nitrogens with zero attached hydrogens (tertiary/aromatic N) is 1. The molecule has 0 bridgehead atoms. The van der Waals surface area contributed by atoms with Gasteiger partial charge in [-0.2, -0.15) is 0 Å². The molecule has 0 saturated heterocycles. The first-order valence-electron chi connectivity index (χ1n) is 1.04. The molecule has 6 heavy (non-hydrogen) atoms. The van der Waals surface area contributed by atoms with Crippen molar-refractivity contribution in [3.8, 4) is 0 Å². The monoisotopic (exact) mass is 103 g/mol. The Labute approximate surface area is 56.2 Å². The topological polar surface area (TPSA) is 23.3 Å². The minimum absolute atomic E-state index is 0. The molecule has 0 saturated carbocycles. The van der Waals surface area contributed by atoms with Crippen molar-refractivity contribution in [1.82, 2.24) is 0 Å². The first-order valence-corrected chi connectivity index (χ1v) is 1.04. The molecule has 0 aliphatic heterocycles. The maximum absolute atomic E-state index is 4.17. The second-order valence-corrected chi connectivity index (χ2v) is 0.365. The first kappa shape index (κ1) is 15.8. The summed E-state index contributed by atoms with van der Waals surface area (Å²) in [6.45, 7) is 0. The van der Waals surface area contributed by atoms with Gasteiger partial charge in [-0.3, -0.25) is 0 Å². The van der Waals surface area contributed by atoms with E-state index >= 15 is 0 Å². The van der Waals surface area contributed by atoms with Crippen molar-refractivity contribution in [2.24, 2.45) is 0 Å². The zero-order valence-corrected chi connectivity index (χ0v) is 5.08. The summed E-state index contributed by atoms with van der Waals surface area (Å²) < 4.78 is 0. The van der Waals surface area contributed by atoms with E-state index in [9.17, 15) is 0 Å². The van der Waals surface area contributed by atoms with Gasteiger partial charge in [0.2, 0.25) is 0 Å². The normalized spacial score (nSPS) is 5.00. The van der Waals surface area contributed by atoms with Gasteiger partial charge in [-0.05, 0) is 0 Å². The summed E-state index contributed by atoms with van der Waals surface area (Å²) in [4.78, 5) is 4.17. The SMILES string of the molecule is C[N-]OC.Cl.[Li+]. The Hall–Kier alpha value is 0.807. The molecule has 0 aromatic rings. The van der Waals surface area contributed by atoms with Crippen LogP contribution in [0.3, 0.4) is 0 Å². The van der Waals surface area contributed by atoms with Gasteiger partial charge < -0.3 is 10.3 Å². The number of hydroxylamine groups is 1. The summed E-state index contributed by atoms with van der Waals surface area (Å²) in [5, 5.41) is 0. The first-order chi connectivity index (χ1) is 1.91. The maximum Gasteiger partial charge on any atom is 1.00 e. The van der Waals surface area contributed by atoms with E-state index in [1.54, 1.807) is 7.05 Å². The minimum atomic E-state index is 0. The van der Waals surface area contributed by atoms with E-state index in [2.05, 4.69) is 10.3 Å². The van der Waals surface area contributed by atoms with Crippen molar-refractivity contribution in [3.05, 3.63) is 5.48 Å². The fourth-order valence-corrected chi connectivity index (χ4v) is 0. The predicted molar refractivity (Wildman–Crippen MR) is 23.5 cm³/mol. The van der Waals surface area contributed by atoms with Gasteiger partial charge in [0.05, 0.1) is 0 Å². The van der Waals surface area contributed by atoms with Gasteiger partial charge >= 0.3 is 18.9 Å². The standard InChI is InChI=1S/C2H6NO.ClH.Li/c1-3-4-2;;/h1-2H3;1H;/q-1;;+1. The molecular formula is C2H7ClLiNO. The third-order valence-corrected chi connectivity index (χ3v) is 0.183. The molecule has 0 amide bonds. The molecule has 0 aliphatic rings. The van der Waals surface area contributed by atoms with Gasteiger partial charge in [0, 0.05) is 7.11 Å². The summed E-state index contributed by atoms with van der Waals surface area (Å²) in [6.07, 6.45) is 0. The molecule has 34 valence electrons. The van der Waals surface area contributed by atoms with E-state index < -0.39 is 0 Å². The average molecular weight is 103 g/mol. The van der Waals surface area contributed by atoms with Crippen LogP contribution in [-0.4, -0.2) is 14.2 Å². The van der Waals surface area contributed by atoms with Gasteiger partial charge in [-0.25, -0.2) is 0 Å². The molecule has 0 atom stereocenters. The van der Waals surface area contributed by atoms with Gasteiger partial charge in [0.25, 0.3) is 0 Å². The van der Waals surface area contributed by atoms with Crippen LogP contribution in [0.25, 0.3) is 5.48 Å². The quantitative estimate of drug-likeness (QED) is 0.278. The van der Waals surface area contributed by atoms with Crippen molar-refractivity contribution >= 4 is 12.4 Å². The van der Waals surface area contributed by atoms with Crippen molar-refractivity contribution in [2.75, 3.05) is 14.2 Å². The molecule has 0 heterocycles. The molecule has 0 fully saturated rings. The Bertz CT molecular complexity index is 15.5. The van der Waals surface area contributed by atoms with Crippen LogP contribution in [0.15, 0.2) is 0 Å². The Morgan fingerprint density at radius 3 is 1.67 bits per heavy atom. The zero-order valence-electron chi connectivity index (χ0n) is 4.26. The Morgan fingerprint density at radius 1 is 1.50 bits per heavy atom. The number of halogens is 1. The van der Waals surface area contributed by atoms with Crippen LogP contribution in [0.2, 0.25) is 0 Å². The van der Waals surface area contributed by atoms with Crippen LogP contribution < -0.4 is 18.9 Å². The molecule has 0 aliphatic carbocycles. The minimum Gasteiger partial charge on any atom is -0.537 e. The maximum atomic E-state index is 4.17. The Balaban J connectivity index is -0.0000000450. The molecular weight excluding hydrogens is 96.4 g/mol. The predicted octanol–water partition coefficient (Wildman–Crippen LogP) is -2.02. The van der Waals surface area contributed by atoms with Crippen LogP contribution in [0.5, 0.6) is 0 Å². The number of rotatable bonds is 1. The molecule has 4 heteroatoms. The summed E-state index contributed by atoms with van der Waals surface area (Å²) in [5.41, 5.74) is 3.24. The fraction of sp³-hybridized carbons (Fsp3) is 1.00. The van der Waals surface area contributed by atoms with E-state index in [0.717, 1.165) is 0 Å². The van der Waals surface area contributed by atoms with Crippen LogP contribution in [0.1, 0.15) is 0 Å².